The van der Waals surface area contributed by atoms with E-state index in [-0.39, 0.29) is 12.4 Å². The number of hydrogen-bond donors (Lipinski definition) is 0. The maximum atomic E-state index is 12.4. The normalized spacial score (nSPS) is 16.8. The molecule has 1 saturated heterocycles. The van der Waals surface area contributed by atoms with Gasteiger partial charge in [-0.3, -0.25) is 4.90 Å². The Kier molecular flexibility index (Phi) is 4.45. The van der Waals surface area contributed by atoms with Crippen molar-refractivity contribution in [1.29, 1.82) is 0 Å². The summed E-state index contributed by atoms with van der Waals surface area (Å²) in [5.41, 5.74) is 0.964. The predicted octanol–water partition coefficient (Wildman–Crippen LogP) is 3.06. The van der Waals surface area contributed by atoms with Crippen molar-refractivity contribution in [2.75, 3.05) is 31.1 Å². The number of alkyl halides is 3. The number of para-hydroxylation sites is 1. The average molecular weight is 347 g/mol. The Morgan fingerprint density at radius 2 is 1.78 bits per heavy atom. The molecule has 0 amide bonds. The number of piperazine rings is 1. The predicted molar refractivity (Wildman–Crippen MR) is 78.2 cm³/mol. The number of aromatic nitrogens is 2. The van der Waals surface area contributed by atoms with E-state index in [2.05, 4.69) is 19.5 Å². The first kappa shape index (κ1) is 16.1. The van der Waals surface area contributed by atoms with Crippen LogP contribution >= 0.6 is 11.6 Å². The standard InChI is InChI=1S/C14H14ClF3N4O/c15-10-3-1-2-4-11(10)22-7-5-21(6-8-22)9-12-19-20-13(23-12)14(16,17)18/h1-4H,5-9H2. The van der Waals surface area contributed by atoms with Gasteiger partial charge >= 0.3 is 12.1 Å². The zero-order chi connectivity index (χ0) is 16.4. The Bertz CT molecular complexity index is 668. The first-order valence-corrected chi connectivity index (χ1v) is 7.43. The van der Waals surface area contributed by atoms with E-state index in [0.717, 1.165) is 18.8 Å². The Morgan fingerprint density at radius 1 is 1.09 bits per heavy atom. The Morgan fingerprint density at radius 3 is 2.39 bits per heavy atom. The summed E-state index contributed by atoms with van der Waals surface area (Å²) in [4.78, 5) is 4.12. The SMILES string of the molecule is FC(F)(F)c1nnc(CN2CCN(c3ccccc3Cl)CC2)o1. The van der Waals surface area contributed by atoms with E-state index in [1.807, 2.05) is 29.2 Å². The van der Waals surface area contributed by atoms with Gasteiger partial charge in [-0.2, -0.15) is 13.2 Å². The van der Waals surface area contributed by atoms with Gasteiger partial charge in [0, 0.05) is 26.2 Å². The van der Waals surface area contributed by atoms with Gasteiger partial charge in [0.25, 0.3) is 0 Å². The molecule has 0 spiro atoms. The van der Waals surface area contributed by atoms with Crippen LogP contribution in [-0.2, 0) is 12.7 Å². The van der Waals surface area contributed by atoms with Crippen molar-refractivity contribution in [3.8, 4) is 0 Å². The number of halogens is 4. The van der Waals surface area contributed by atoms with E-state index in [1.54, 1.807) is 0 Å². The molecule has 124 valence electrons. The molecule has 5 nitrogen and oxygen atoms in total. The molecule has 1 aliphatic rings. The molecule has 0 unspecified atom stereocenters. The molecule has 3 rings (SSSR count). The smallest absolute Gasteiger partial charge is 0.416 e. The van der Waals surface area contributed by atoms with Crippen molar-refractivity contribution < 1.29 is 17.6 Å². The van der Waals surface area contributed by atoms with Crippen LogP contribution in [0.3, 0.4) is 0 Å². The highest BCUT2D eigenvalue weighted by atomic mass is 35.5. The molecule has 1 aliphatic heterocycles. The number of hydrogen-bond acceptors (Lipinski definition) is 5. The number of benzene rings is 1. The molecule has 0 bridgehead atoms. The van der Waals surface area contributed by atoms with E-state index in [1.165, 1.54) is 0 Å². The van der Waals surface area contributed by atoms with Gasteiger partial charge in [0.2, 0.25) is 5.89 Å². The fourth-order valence-corrected chi connectivity index (χ4v) is 2.73. The molecule has 0 saturated carbocycles. The summed E-state index contributed by atoms with van der Waals surface area (Å²) in [6.07, 6.45) is -4.60. The molecule has 2 heterocycles. The van der Waals surface area contributed by atoms with Crippen LogP contribution in [0.2, 0.25) is 5.02 Å². The second kappa shape index (κ2) is 6.37. The van der Waals surface area contributed by atoms with Crippen LogP contribution < -0.4 is 4.90 Å². The van der Waals surface area contributed by atoms with Gasteiger partial charge in [-0.15, -0.1) is 10.2 Å². The van der Waals surface area contributed by atoms with E-state index in [9.17, 15) is 13.2 Å². The molecule has 23 heavy (non-hydrogen) atoms. The monoisotopic (exact) mass is 346 g/mol. The number of nitrogens with zero attached hydrogens (tertiary/aromatic N) is 4. The number of rotatable bonds is 3. The van der Waals surface area contributed by atoms with Crippen LogP contribution in [0.5, 0.6) is 0 Å². The summed E-state index contributed by atoms with van der Waals surface area (Å²) in [6.45, 7) is 3.01. The first-order chi connectivity index (χ1) is 10.9. The highest BCUT2D eigenvalue weighted by Crippen LogP contribution is 2.28. The van der Waals surface area contributed by atoms with Crippen molar-refractivity contribution in [2.24, 2.45) is 0 Å². The van der Waals surface area contributed by atoms with Gasteiger partial charge in [-0.25, -0.2) is 0 Å². The number of anilines is 1. The Labute approximate surface area is 135 Å². The van der Waals surface area contributed by atoms with Gasteiger partial charge in [-0.05, 0) is 12.1 Å². The molecule has 0 aliphatic carbocycles. The molecule has 0 N–H and O–H groups in total. The van der Waals surface area contributed by atoms with Crippen LogP contribution in [0.1, 0.15) is 11.8 Å². The van der Waals surface area contributed by atoms with Crippen molar-refractivity contribution in [3.63, 3.8) is 0 Å². The summed E-state index contributed by atoms with van der Waals surface area (Å²) in [7, 11) is 0. The quantitative estimate of drug-likeness (QED) is 0.854. The third-order valence-electron chi connectivity index (χ3n) is 3.63. The van der Waals surface area contributed by atoms with Crippen molar-refractivity contribution in [3.05, 3.63) is 41.1 Å². The fraction of sp³-hybridized carbons (Fsp3) is 0.429. The minimum absolute atomic E-state index is 0.0245. The van der Waals surface area contributed by atoms with Gasteiger partial charge in [0.05, 0.1) is 17.3 Å². The van der Waals surface area contributed by atoms with Crippen molar-refractivity contribution in [1.82, 2.24) is 15.1 Å². The molecule has 0 radical (unpaired) electrons. The van der Waals surface area contributed by atoms with Gasteiger partial charge in [-0.1, -0.05) is 23.7 Å². The van der Waals surface area contributed by atoms with Crippen LogP contribution in [0.4, 0.5) is 18.9 Å². The third kappa shape index (κ3) is 3.76. The van der Waals surface area contributed by atoms with Gasteiger partial charge < -0.3 is 9.32 Å². The average Bonchev–Trinajstić information content (AvgIpc) is 2.97. The summed E-state index contributed by atoms with van der Waals surface area (Å²) in [5, 5.41) is 7.17. The summed E-state index contributed by atoms with van der Waals surface area (Å²) < 4.78 is 41.9. The van der Waals surface area contributed by atoms with Crippen LogP contribution in [0.15, 0.2) is 28.7 Å². The third-order valence-corrected chi connectivity index (χ3v) is 3.95. The molecular weight excluding hydrogens is 333 g/mol. The van der Waals surface area contributed by atoms with Gasteiger partial charge in [0.1, 0.15) is 0 Å². The summed E-state index contributed by atoms with van der Waals surface area (Å²) >= 11 is 6.17. The lowest BCUT2D eigenvalue weighted by molar-refractivity contribution is -0.157. The molecule has 9 heteroatoms. The second-order valence-electron chi connectivity index (χ2n) is 5.21. The maximum Gasteiger partial charge on any atom is 0.470 e. The Balaban J connectivity index is 1.57. The lowest BCUT2D eigenvalue weighted by Gasteiger charge is -2.35. The maximum absolute atomic E-state index is 12.4. The molecule has 1 aromatic heterocycles. The largest absolute Gasteiger partial charge is 0.470 e. The Hall–Kier alpha value is -1.80. The van der Waals surface area contributed by atoms with Crippen LogP contribution in [0.25, 0.3) is 0 Å². The van der Waals surface area contributed by atoms with Crippen molar-refractivity contribution in [2.45, 2.75) is 12.7 Å². The lowest BCUT2D eigenvalue weighted by Crippen LogP contribution is -2.46. The minimum Gasteiger partial charge on any atom is -0.416 e. The fourth-order valence-electron chi connectivity index (χ4n) is 2.48. The molecule has 0 atom stereocenters. The summed E-state index contributed by atoms with van der Waals surface area (Å²) in [6, 6.07) is 7.58. The zero-order valence-electron chi connectivity index (χ0n) is 12.1. The van der Waals surface area contributed by atoms with E-state index >= 15 is 0 Å². The minimum atomic E-state index is -4.60. The molecule has 1 fully saturated rings. The van der Waals surface area contributed by atoms with E-state index < -0.39 is 12.1 Å². The van der Waals surface area contributed by atoms with E-state index in [0.29, 0.717) is 18.1 Å². The highest BCUT2D eigenvalue weighted by molar-refractivity contribution is 6.33. The van der Waals surface area contributed by atoms with Gasteiger partial charge in [0.15, 0.2) is 0 Å². The van der Waals surface area contributed by atoms with E-state index in [4.69, 9.17) is 11.6 Å². The molecule has 1 aromatic carbocycles. The molecule has 2 aromatic rings. The highest BCUT2D eigenvalue weighted by Gasteiger charge is 2.38. The zero-order valence-corrected chi connectivity index (χ0v) is 12.8. The topological polar surface area (TPSA) is 45.4 Å². The second-order valence-corrected chi connectivity index (χ2v) is 5.62. The van der Waals surface area contributed by atoms with Crippen molar-refractivity contribution >= 4 is 17.3 Å². The lowest BCUT2D eigenvalue weighted by atomic mass is 10.2. The van der Waals surface area contributed by atoms with Crippen LogP contribution in [0, 0.1) is 0 Å². The van der Waals surface area contributed by atoms with Crippen LogP contribution in [-0.4, -0.2) is 41.3 Å². The summed E-state index contributed by atoms with van der Waals surface area (Å²) in [5.74, 6) is -1.33. The first-order valence-electron chi connectivity index (χ1n) is 7.05. The molecular formula is C14H14ClF3N4O.